The largest absolute Gasteiger partial charge is 0.355 e. The van der Waals surface area contributed by atoms with E-state index in [1.54, 1.807) is 23.5 Å². The Labute approximate surface area is 150 Å². The summed E-state index contributed by atoms with van der Waals surface area (Å²) < 4.78 is 0. The van der Waals surface area contributed by atoms with Gasteiger partial charge in [-0.1, -0.05) is 30.3 Å². The molecule has 0 spiro atoms. The molecule has 25 heavy (non-hydrogen) atoms. The maximum absolute atomic E-state index is 12.9. The van der Waals surface area contributed by atoms with Gasteiger partial charge in [0.25, 0.3) is 5.91 Å². The Kier molecular flexibility index (Phi) is 5.69. The average molecular weight is 353 g/mol. The number of carbonyl (C=O) groups is 1. The van der Waals surface area contributed by atoms with Crippen LogP contribution in [0.4, 0.5) is 5.95 Å². The van der Waals surface area contributed by atoms with Gasteiger partial charge in [0.15, 0.2) is 0 Å². The van der Waals surface area contributed by atoms with Crippen molar-refractivity contribution in [2.45, 2.75) is 20.0 Å². The van der Waals surface area contributed by atoms with E-state index in [0.29, 0.717) is 24.6 Å². The summed E-state index contributed by atoms with van der Waals surface area (Å²) in [5.41, 5.74) is 1.53. The molecule has 0 fully saturated rings. The number of thiazole rings is 1. The first-order valence-electron chi connectivity index (χ1n) is 8.03. The zero-order valence-corrected chi connectivity index (χ0v) is 14.7. The van der Waals surface area contributed by atoms with Crippen molar-refractivity contribution in [1.82, 2.24) is 19.9 Å². The van der Waals surface area contributed by atoms with Gasteiger partial charge in [0.05, 0.1) is 12.1 Å². The molecule has 3 rings (SSSR count). The Hall–Kier alpha value is -2.80. The molecule has 1 aromatic carbocycles. The van der Waals surface area contributed by atoms with Crippen LogP contribution in [0.2, 0.25) is 0 Å². The number of carbonyl (C=O) groups excluding carboxylic acids is 1. The fourth-order valence-electron chi connectivity index (χ4n) is 2.37. The Morgan fingerprint density at radius 1 is 1.12 bits per heavy atom. The van der Waals surface area contributed by atoms with Gasteiger partial charge in [-0.3, -0.25) is 4.79 Å². The fraction of sp³-hybridized carbons (Fsp3) is 0.222. The van der Waals surface area contributed by atoms with Crippen LogP contribution in [0.25, 0.3) is 0 Å². The standard InChI is InChI=1S/C18H19N5OS/c1-2-19-18-21-10-15(11-22-18)17(24)23(13-16-20-8-9-25-16)12-14-6-4-3-5-7-14/h3-11H,2,12-13H2,1H3,(H,19,21,22). The van der Waals surface area contributed by atoms with Crippen molar-refractivity contribution >= 4 is 23.2 Å². The summed E-state index contributed by atoms with van der Waals surface area (Å²) in [6, 6.07) is 9.91. The summed E-state index contributed by atoms with van der Waals surface area (Å²) in [4.78, 5) is 27.4. The highest BCUT2D eigenvalue weighted by atomic mass is 32.1. The normalized spacial score (nSPS) is 10.4. The number of amides is 1. The number of anilines is 1. The van der Waals surface area contributed by atoms with Crippen LogP contribution in [0.15, 0.2) is 54.3 Å². The van der Waals surface area contributed by atoms with E-state index >= 15 is 0 Å². The molecule has 1 amide bonds. The molecule has 0 bridgehead atoms. The van der Waals surface area contributed by atoms with Crippen LogP contribution in [0.1, 0.15) is 27.9 Å². The van der Waals surface area contributed by atoms with Gasteiger partial charge in [0.1, 0.15) is 5.01 Å². The summed E-state index contributed by atoms with van der Waals surface area (Å²) in [7, 11) is 0. The van der Waals surface area contributed by atoms with Gasteiger partial charge >= 0.3 is 0 Å². The summed E-state index contributed by atoms with van der Waals surface area (Å²) in [6.07, 6.45) is 4.87. The van der Waals surface area contributed by atoms with Crippen molar-refractivity contribution < 1.29 is 4.79 Å². The molecule has 0 saturated heterocycles. The van der Waals surface area contributed by atoms with Crippen molar-refractivity contribution in [3.63, 3.8) is 0 Å². The Morgan fingerprint density at radius 2 is 1.88 bits per heavy atom. The fourth-order valence-corrected chi connectivity index (χ4v) is 3.00. The first-order valence-corrected chi connectivity index (χ1v) is 8.91. The number of hydrogen-bond acceptors (Lipinski definition) is 6. The van der Waals surface area contributed by atoms with Gasteiger partial charge in [-0.15, -0.1) is 11.3 Å². The van der Waals surface area contributed by atoms with E-state index in [1.807, 2.05) is 42.6 Å². The van der Waals surface area contributed by atoms with E-state index in [9.17, 15) is 4.79 Å². The third-order valence-electron chi connectivity index (χ3n) is 3.55. The second-order valence-electron chi connectivity index (χ2n) is 5.40. The molecule has 3 aromatic rings. The average Bonchev–Trinajstić information content (AvgIpc) is 3.15. The van der Waals surface area contributed by atoms with Crippen molar-refractivity contribution in [1.29, 1.82) is 0 Å². The number of hydrogen-bond donors (Lipinski definition) is 1. The third kappa shape index (κ3) is 4.60. The van der Waals surface area contributed by atoms with Crippen LogP contribution in [0.3, 0.4) is 0 Å². The van der Waals surface area contributed by atoms with Crippen LogP contribution >= 0.6 is 11.3 Å². The highest BCUT2D eigenvalue weighted by molar-refractivity contribution is 7.09. The minimum Gasteiger partial charge on any atom is -0.355 e. The molecule has 0 radical (unpaired) electrons. The minimum absolute atomic E-state index is 0.109. The van der Waals surface area contributed by atoms with E-state index in [4.69, 9.17) is 0 Å². The molecule has 7 heteroatoms. The SMILES string of the molecule is CCNc1ncc(C(=O)N(Cc2ccccc2)Cc2nccs2)cn1. The predicted molar refractivity (Wildman–Crippen MR) is 98.3 cm³/mol. The maximum Gasteiger partial charge on any atom is 0.257 e. The summed E-state index contributed by atoms with van der Waals surface area (Å²) in [6.45, 7) is 3.67. The van der Waals surface area contributed by atoms with Crippen LogP contribution in [-0.4, -0.2) is 32.3 Å². The summed E-state index contributed by atoms with van der Waals surface area (Å²) in [5.74, 6) is 0.413. The van der Waals surface area contributed by atoms with Gasteiger partial charge in [-0.2, -0.15) is 0 Å². The molecule has 128 valence electrons. The second kappa shape index (κ2) is 8.34. The molecule has 6 nitrogen and oxygen atoms in total. The van der Waals surface area contributed by atoms with Crippen LogP contribution in [0, 0.1) is 0 Å². The molecule has 0 saturated carbocycles. The molecule has 0 unspecified atom stereocenters. The monoisotopic (exact) mass is 353 g/mol. The lowest BCUT2D eigenvalue weighted by atomic mass is 10.2. The van der Waals surface area contributed by atoms with Crippen molar-refractivity contribution in [3.8, 4) is 0 Å². The van der Waals surface area contributed by atoms with Gasteiger partial charge in [-0.25, -0.2) is 15.0 Å². The lowest BCUT2D eigenvalue weighted by molar-refractivity contribution is 0.0729. The highest BCUT2D eigenvalue weighted by Crippen LogP contribution is 2.15. The van der Waals surface area contributed by atoms with E-state index in [0.717, 1.165) is 17.1 Å². The topological polar surface area (TPSA) is 71.0 Å². The number of aromatic nitrogens is 3. The Morgan fingerprint density at radius 3 is 2.52 bits per heavy atom. The molecule has 0 aliphatic heterocycles. The summed E-state index contributed by atoms with van der Waals surface area (Å²) >= 11 is 1.54. The molecule has 1 N–H and O–H groups in total. The molecule has 0 atom stereocenters. The number of nitrogens with one attached hydrogen (secondary N) is 1. The van der Waals surface area contributed by atoms with Crippen molar-refractivity contribution in [3.05, 3.63) is 70.4 Å². The lowest BCUT2D eigenvalue weighted by Gasteiger charge is -2.21. The zero-order chi connectivity index (χ0) is 17.5. The van der Waals surface area contributed by atoms with Crippen LogP contribution in [0.5, 0.6) is 0 Å². The van der Waals surface area contributed by atoms with E-state index in [-0.39, 0.29) is 5.91 Å². The number of rotatable bonds is 7. The minimum atomic E-state index is -0.109. The van der Waals surface area contributed by atoms with Crippen LogP contribution < -0.4 is 5.32 Å². The lowest BCUT2D eigenvalue weighted by Crippen LogP contribution is -2.30. The van der Waals surface area contributed by atoms with Gasteiger partial charge in [0, 0.05) is 37.1 Å². The summed E-state index contributed by atoms with van der Waals surface area (Å²) in [5, 5.41) is 5.83. The van der Waals surface area contributed by atoms with E-state index in [2.05, 4.69) is 20.3 Å². The number of benzene rings is 1. The van der Waals surface area contributed by atoms with Crippen LogP contribution in [-0.2, 0) is 13.1 Å². The van der Waals surface area contributed by atoms with E-state index in [1.165, 1.54) is 11.3 Å². The second-order valence-corrected chi connectivity index (χ2v) is 6.38. The van der Waals surface area contributed by atoms with E-state index < -0.39 is 0 Å². The Bertz CT molecular complexity index is 790. The molecule has 0 aliphatic rings. The maximum atomic E-state index is 12.9. The van der Waals surface area contributed by atoms with Gasteiger partial charge in [0.2, 0.25) is 5.95 Å². The third-order valence-corrected chi connectivity index (χ3v) is 4.31. The first-order chi connectivity index (χ1) is 12.3. The predicted octanol–water partition coefficient (Wildman–Crippen LogP) is 3.21. The Balaban J connectivity index is 1.80. The van der Waals surface area contributed by atoms with Gasteiger partial charge in [-0.05, 0) is 12.5 Å². The molecular formula is C18H19N5OS. The molecule has 2 aromatic heterocycles. The zero-order valence-electron chi connectivity index (χ0n) is 13.9. The first kappa shape index (κ1) is 17.0. The highest BCUT2D eigenvalue weighted by Gasteiger charge is 2.18. The molecule has 0 aliphatic carbocycles. The molecular weight excluding hydrogens is 334 g/mol. The smallest absolute Gasteiger partial charge is 0.257 e. The van der Waals surface area contributed by atoms with Crippen molar-refractivity contribution in [2.75, 3.05) is 11.9 Å². The van der Waals surface area contributed by atoms with Gasteiger partial charge < -0.3 is 10.2 Å². The molecule has 2 heterocycles. The quantitative estimate of drug-likeness (QED) is 0.706. The number of nitrogens with zero attached hydrogens (tertiary/aromatic N) is 4. The van der Waals surface area contributed by atoms with Crippen molar-refractivity contribution in [2.24, 2.45) is 0 Å².